The summed E-state index contributed by atoms with van der Waals surface area (Å²) in [6, 6.07) is 6.90. The molecule has 6 nitrogen and oxygen atoms in total. The minimum absolute atomic E-state index is 0.00994. The SMILES string of the molecule is COCCN1CC(C(=O)NCCc2ccc(O)cc2)CC1=O. The van der Waals surface area contributed by atoms with Crippen molar-refractivity contribution in [2.45, 2.75) is 12.8 Å². The lowest BCUT2D eigenvalue weighted by Gasteiger charge is -2.15. The van der Waals surface area contributed by atoms with Gasteiger partial charge in [0.05, 0.1) is 12.5 Å². The molecule has 2 N–H and O–H groups in total. The van der Waals surface area contributed by atoms with Crippen molar-refractivity contribution in [1.82, 2.24) is 10.2 Å². The van der Waals surface area contributed by atoms with E-state index in [1.54, 1.807) is 24.1 Å². The van der Waals surface area contributed by atoms with Gasteiger partial charge in [-0.2, -0.15) is 0 Å². The number of nitrogens with zero attached hydrogens (tertiary/aromatic N) is 1. The van der Waals surface area contributed by atoms with E-state index in [0.29, 0.717) is 32.7 Å². The number of benzene rings is 1. The third-order valence-electron chi connectivity index (χ3n) is 3.80. The topological polar surface area (TPSA) is 78.9 Å². The lowest BCUT2D eigenvalue weighted by molar-refractivity contribution is -0.129. The molecule has 0 saturated carbocycles. The second-order valence-corrected chi connectivity index (χ2v) is 5.44. The van der Waals surface area contributed by atoms with Crippen LogP contribution in [0.3, 0.4) is 0 Å². The summed E-state index contributed by atoms with van der Waals surface area (Å²) in [6.07, 6.45) is 0.967. The Balaban J connectivity index is 1.73. The molecular weight excluding hydrogens is 284 g/mol. The number of carbonyl (C=O) groups excluding carboxylic acids is 2. The van der Waals surface area contributed by atoms with Crippen LogP contribution in [0.4, 0.5) is 0 Å². The number of hydrogen-bond acceptors (Lipinski definition) is 4. The number of likely N-dealkylation sites (tertiary alicyclic amines) is 1. The summed E-state index contributed by atoms with van der Waals surface area (Å²) in [5, 5.41) is 12.1. The number of aromatic hydroxyl groups is 1. The number of amides is 2. The average Bonchev–Trinajstić information content (AvgIpc) is 2.88. The van der Waals surface area contributed by atoms with Gasteiger partial charge in [0.2, 0.25) is 11.8 Å². The third kappa shape index (κ3) is 4.46. The normalized spacial score (nSPS) is 17.8. The van der Waals surface area contributed by atoms with Gasteiger partial charge in [-0.25, -0.2) is 0 Å². The van der Waals surface area contributed by atoms with E-state index in [0.717, 1.165) is 5.56 Å². The summed E-state index contributed by atoms with van der Waals surface area (Å²) in [7, 11) is 1.59. The number of carbonyl (C=O) groups is 2. The summed E-state index contributed by atoms with van der Waals surface area (Å²) in [4.78, 5) is 25.6. The summed E-state index contributed by atoms with van der Waals surface area (Å²) >= 11 is 0. The van der Waals surface area contributed by atoms with Crippen LogP contribution in [-0.4, -0.2) is 55.2 Å². The number of phenolic OH excluding ortho intramolecular Hbond substituents is 1. The van der Waals surface area contributed by atoms with Gasteiger partial charge in [0.15, 0.2) is 0 Å². The first kappa shape index (κ1) is 16.3. The number of nitrogens with one attached hydrogen (secondary N) is 1. The van der Waals surface area contributed by atoms with Gasteiger partial charge in [0.25, 0.3) is 0 Å². The molecule has 1 fully saturated rings. The Labute approximate surface area is 130 Å². The first-order chi connectivity index (χ1) is 10.6. The van der Waals surface area contributed by atoms with E-state index in [9.17, 15) is 14.7 Å². The standard InChI is InChI=1S/C16H22N2O4/c1-22-9-8-18-11-13(10-15(18)20)16(21)17-7-6-12-2-4-14(19)5-3-12/h2-5,13,19H,6-11H2,1H3,(H,17,21). The van der Waals surface area contributed by atoms with E-state index in [-0.39, 0.29) is 29.9 Å². The van der Waals surface area contributed by atoms with E-state index in [1.807, 2.05) is 12.1 Å². The third-order valence-corrected chi connectivity index (χ3v) is 3.80. The molecule has 22 heavy (non-hydrogen) atoms. The maximum absolute atomic E-state index is 12.1. The number of ether oxygens (including phenoxy) is 1. The fourth-order valence-corrected chi connectivity index (χ4v) is 2.50. The Morgan fingerprint density at radius 3 is 2.82 bits per heavy atom. The Morgan fingerprint density at radius 1 is 1.41 bits per heavy atom. The van der Waals surface area contributed by atoms with Crippen LogP contribution < -0.4 is 5.32 Å². The van der Waals surface area contributed by atoms with Gasteiger partial charge >= 0.3 is 0 Å². The minimum atomic E-state index is -0.274. The quantitative estimate of drug-likeness (QED) is 0.771. The molecule has 1 heterocycles. The molecule has 0 spiro atoms. The van der Waals surface area contributed by atoms with E-state index >= 15 is 0 Å². The van der Waals surface area contributed by atoms with Crippen LogP contribution in [0.1, 0.15) is 12.0 Å². The predicted molar refractivity (Wildman–Crippen MR) is 81.4 cm³/mol. The number of hydrogen-bond donors (Lipinski definition) is 2. The van der Waals surface area contributed by atoms with Crippen LogP contribution >= 0.6 is 0 Å². The second kappa shape index (κ2) is 7.79. The summed E-state index contributed by atoms with van der Waals surface area (Å²) in [6.45, 7) is 2.01. The highest BCUT2D eigenvalue weighted by Gasteiger charge is 2.33. The molecule has 120 valence electrons. The lowest BCUT2D eigenvalue weighted by atomic mass is 10.1. The maximum Gasteiger partial charge on any atom is 0.225 e. The zero-order valence-corrected chi connectivity index (χ0v) is 12.7. The predicted octanol–water partition coefficient (Wildman–Crippen LogP) is 0.546. The van der Waals surface area contributed by atoms with Crippen LogP contribution in [0.5, 0.6) is 5.75 Å². The van der Waals surface area contributed by atoms with Crippen molar-refractivity contribution in [2.24, 2.45) is 5.92 Å². The molecule has 1 aliphatic heterocycles. The molecule has 1 saturated heterocycles. The first-order valence-electron chi connectivity index (χ1n) is 7.42. The molecule has 0 radical (unpaired) electrons. The van der Waals surface area contributed by atoms with Gasteiger partial charge in [0, 0.05) is 33.2 Å². The Bertz CT molecular complexity index is 515. The molecule has 2 amide bonds. The molecule has 0 bridgehead atoms. The van der Waals surface area contributed by atoms with E-state index in [4.69, 9.17) is 4.74 Å². The molecule has 1 aromatic rings. The molecule has 1 atom stereocenters. The molecule has 1 aliphatic rings. The maximum atomic E-state index is 12.1. The summed E-state index contributed by atoms with van der Waals surface area (Å²) < 4.78 is 4.96. The van der Waals surface area contributed by atoms with Crippen LogP contribution in [0.25, 0.3) is 0 Å². The van der Waals surface area contributed by atoms with E-state index in [2.05, 4.69) is 5.32 Å². The van der Waals surface area contributed by atoms with Crippen LogP contribution in [0.15, 0.2) is 24.3 Å². The number of phenols is 1. The fraction of sp³-hybridized carbons (Fsp3) is 0.500. The largest absolute Gasteiger partial charge is 0.508 e. The molecule has 6 heteroatoms. The van der Waals surface area contributed by atoms with Crippen molar-refractivity contribution in [2.75, 3.05) is 33.4 Å². The fourth-order valence-electron chi connectivity index (χ4n) is 2.50. The summed E-state index contributed by atoms with van der Waals surface area (Å²) in [5.74, 6) is -0.111. The number of rotatable bonds is 7. The van der Waals surface area contributed by atoms with Crippen molar-refractivity contribution in [3.05, 3.63) is 29.8 Å². The van der Waals surface area contributed by atoms with E-state index < -0.39 is 0 Å². The Kier molecular flexibility index (Phi) is 5.77. The van der Waals surface area contributed by atoms with Crippen molar-refractivity contribution < 1.29 is 19.4 Å². The second-order valence-electron chi connectivity index (χ2n) is 5.44. The van der Waals surface area contributed by atoms with Crippen LogP contribution in [-0.2, 0) is 20.7 Å². The van der Waals surface area contributed by atoms with Crippen LogP contribution in [0.2, 0.25) is 0 Å². The average molecular weight is 306 g/mol. The zero-order valence-electron chi connectivity index (χ0n) is 12.7. The highest BCUT2D eigenvalue weighted by Crippen LogP contribution is 2.17. The van der Waals surface area contributed by atoms with Gasteiger partial charge in [-0.3, -0.25) is 9.59 Å². The van der Waals surface area contributed by atoms with Crippen molar-refractivity contribution in [1.29, 1.82) is 0 Å². The van der Waals surface area contributed by atoms with Gasteiger partial charge in [-0.05, 0) is 24.1 Å². The van der Waals surface area contributed by atoms with Crippen molar-refractivity contribution in [3.8, 4) is 5.75 Å². The van der Waals surface area contributed by atoms with E-state index in [1.165, 1.54) is 0 Å². The van der Waals surface area contributed by atoms with Crippen molar-refractivity contribution in [3.63, 3.8) is 0 Å². The molecule has 1 aromatic carbocycles. The zero-order chi connectivity index (χ0) is 15.9. The highest BCUT2D eigenvalue weighted by atomic mass is 16.5. The Hall–Kier alpha value is -2.08. The number of methoxy groups -OCH3 is 1. The minimum Gasteiger partial charge on any atom is -0.508 e. The molecule has 0 aliphatic carbocycles. The van der Waals surface area contributed by atoms with Crippen molar-refractivity contribution >= 4 is 11.8 Å². The highest BCUT2D eigenvalue weighted by molar-refractivity contribution is 5.89. The molecule has 0 aromatic heterocycles. The summed E-state index contributed by atoms with van der Waals surface area (Å²) in [5.41, 5.74) is 1.04. The van der Waals surface area contributed by atoms with Gasteiger partial charge in [-0.15, -0.1) is 0 Å². The molecule has 1 unspecified atom stereocenters. The Morgan fingerprint density at radius 2 is 2.14 bits per heavy atom. The van der Waals surface area contributed by atoms with Crippen LogP contribution in [0, 0.1) is 5.92 Å². The molecular formula is C16H22N2O4. The first-order valence-corrected chi connectivity index (χ1v) is 7.42. The van der Waals surface area contributed by atoms with Gasteiger partial charge < -0.3 is 20.1 Å². The van der Waals surface area contributed by atoms with Gasteiger partial charge in [0.1, 0.15) is 5.75 Å². The monoisotopic (exact) mass is 306 g/mol. The van der Waals surface area contributed by atoms with Gasteiger partial charge in [-0.1, -0.05) is 12.1 Å². The smallest absolute Gasteiger partial charge is 0.225 e. The molecule has 2 rings (SSSR count). The lowest BCUT2D eigenvalue weighted by Crippen LogP contribution is -2.34.